The molecule has 240 valence electrons. The van der Waals surface area contributed by atoms with Crippen LogP contribution in [-0.2, 0) is 0 Å². The molecule has 4 nitrogen and oxygen atoms in total. The van der Waals surface area contributed by atoms with Gasteiger partial charge in [-0.3, -0.25) is 9.55 Å². The van der Waals surface area contributed by atoms with Crippen LogP contribution in [-0.4, -0.2) is 19.1 Å². The Balaban J connectivity index is 1.08. The van der Waals surface area contributed by atoms with Crippen molar-refractivity contribution >= 4 is 65.2 Å². The van der Waals surface area contributed by atoms with Crippen molar-refractivity contribution in [3.8, 4) is 44.9 Å². The largest absolute Gasteiger partial charge is 0.309 e. The molecule has 0 N–H and O–H groups in total. The smallest absolute Gasteiger partial charge is 0.145 e. The second-order valence-electron chi connectivity index (χ2n) is 13.8. The van der Waals surface area contributed by atoms with Crippen LogP contribution in [0.25, 0.3) is 110 Å². The molecule has 0 amide bonds. The van der Waals surface area contributed by atoms with E-state index in [9.17, 15) is 0 Å². The highest BCUT2D eigenvalue weighted by Gasteiger charge is 2.25. The predicted molar refractivity (Wildman–Crippen MR) is 216 cm³/mol. The van der Waals surface area contributed by atoms with Gasteiger partial charge in [0, 0.05) is 67.7 Å². The van der Waals surface area contributed by atoms with Gasteiger partial charge in [-0.05, 0) is 93.7 Å². The first kappa shape index (κ1) is 27.7. The Kier molecular flexibility index (Phi) is 5.47. The minimum absolute atomic E-state index is 0.947. The van der Waals surface area contributed by atoms with Gasteiger partial charge in [0.1, 0.15) is 5.82 Å². The molecule has 1 aliphatic rings. The van der Waals surface area contributed by atoms with Crippen molar-refractivity contribution in [3.63, 3.8) is 0 Å². The van der Waals surface area contributed by atoms with Crippen LogP contribution in [0.2, 0.25) is 0 Å². The monoisotopic (exact) mass is 660 g/mol. The zero-order valence-electron chi connectivity index (χ0n) is 28.0. The number of fused-ring (bicyclic) bond motifs is 10. The summed E-state index contributed by atoms with van der Waals surface area (Å²) in [7, 11) is 0. The first-order chi connectivity index (χ1) is 25.8. The van der Waals surface area contributed by atoms with Crippen molar-refractivity contribution in [1.82, 2.24) is 19.1 Å². The molecule has 11 aromatic rings. The fourth-order valence-electron chi connectivity index (χ4n) is 8.86. The summed E-state index contributed by atoms with van der Waals surface area (Å²) in [6.07, 6.45) is 5.88. The van der Waals surface area contributed by atoms with Gasteiger partial charge in [-0.15, -0.1) is 0 Å². The number of hydrogen-bond acceptors (Lipinski definition) is 2. The first-order valence-electron chi connectivity index (χ1n) is 17.7. The van der Waals surface area contributed by atoms with Gasteiger partial charge in [0.2, 0.25) is 0 Å². The van der Waals surface area contributed by atoms with E-state index < -0.39 is 0 Å². The van der Waals surface area contributed by atoms with Crippen molar-refractivity contribution in [2.75, 3.05) is 0 Å². The van der Waals surface area contributed by atoms with Crippen molar-refractivity contribution < 1.29 is 0 Å². The van der Waals surface area contributed by atoms with Gasteiger partial charge >= 0.3 is 0 Å². The number of aromatic nitrogens is 4. The summed E-state index contributed by atoms with van der Waals surface area (Å²) < 4.78 is 4.75. The van der Waals surface area contributed by atoms with E-state index in [1.165, 1.54) is 71.0 Å². The minimum atomic E-state index is 0.947. The van der Waals surface area contributed by atoms with Crippen molar-refractivity contribution in [2.45, 2.75) is 0 Å². The first-order valence-corrected chi connectivity index (χ1v) is 17.7. The number of hydrogen-bond donors (Lipinski definition) is 0. The van der Waals surface area contributed by atoms with Crippen LogP contribution >= 0.6 is 0 Å². The normalized spacial score (nSPS) is 12.2. The summed E-state index contributed by atoms with van der Waals surface area (Å²) >= 11 is 0. The topological polar surface area (TPSA) is 35.6 Å². The Labute approximate surface area is 298 Å². The zero-order chi connectivity index (χ0) is 33.9. The Hall–Kier alpha value is -7.04. The Morgan fingerprint density at radius 3 is 1.90 bits per heavy atom. The molecule has 7 aromatic carbocycles. The third kappa shape index (κ3) is 3.70. The Morgan fingerprint density at radius 2 is 1.06 bits per heavy atom. The Morgan fingerprint density at radius 1 is 0.385 bits per heavy atom. The van der Waals surface area contributed by atoms with Crippen LogP contribution in [0, 0.1) is 0 Å². The highest BCUT2D eigenvalue weighted by molar-refractivity contribution is 6.18. The van der Waals surface area contributed by atoms with Gasteiger partial charge < -0.3 is 4.57 Å². The molecular formula is C48H28N4. The van der Waals surface area contributed by atoms with Gasteiger partial charge in [-0.2, -0.15) is 0 Å². The molecule has 12 rings (SSSR count). The highest BCUT2D eigenvalue weighted by atomic mass is 15.1. The van der Waals surface area contributed by atoms with Crippen LogP contribution in [0.4, 0.5) is 0 Å². The van der Waals surface area contributed by atoms with E-state index in [1.807, 2.05) is 18.6 Å². The summed E-state index contributed by atoms with van der Waals surface area (Å²) in [4.78, 5) is 9.62. The van der Waals surface area contributed by atoms with E-state index in [0.29, 0.717) is 0 Å². The number of rotatable bonds is 3. The fourth-order valence-corrected chi connectivity index (χ4v) is 8.86. The lowest BCUT2D eigenvalue weighted by Crippen LogP contribution is -1.99. The summed E-state index contributed by atoms with van der Waals surface area (Å²) in [5, 5.41) is 9.81. The summed E-state index contributed by atoms with van der Waals surface area (Å²) in [6.45, 7) is 0. The molecule has 0 fully saturated rings. The molecule has 0 saturated carbocycles. The van der Waals surface area contributed by atoms with E-state index in [1.54, 1.807) is 0 Å². The quantitative estimate of drug-likeness (QED) is 0.189. The summed E-state index contributed by atoms with van der Waals surface area (Å²) in [5.41, 5.74) is 13.0. The average Bonchev–Trinajstić information content (AvgIpc) is 3.83. The maximum atomic E-state index is 5.18. The second-order valence-corrected chi connectivity index (χ2v) is 13.8. The molecule has 0 saturated heterocycles. The van der Waals surface area contributed by atoms with Gasteiger partial charge in [0.15, 0.2) is 0 Å². The molecule has 1 aliphatic carbocycles. The van der Waals surface area contributed by atoms with Crippen molar-refractivity contribution in [2.24, 2.45) is 0 Å². The van der Waals surface area contributed by atoms with Gasteiger partial charge in [0.25, 0.3) is 0 Å². The summed E-state index contributed by atoms with van der Waals surface area (Å²) in [5.74, 6) is 0.947. The van der Waals surface area contributed by atoms with E-state index in [2.05, 4.69) is 166 Å². The van der Waals surface area contributed by atoms with E-state index >= 15 is 0 Å². The average molecular weight is 661 g/mol. The molecule has 0 bridgehead atoms. The Bertz CT molecular complexity index is 3260. The molecular weight excluding hydrogens is 633 g/mol. The number of nitrogens with zero attached hydrogens (tertiary/aromatic N) is 4. The summed E-state index contributed by atoms with van der Waals surface area (Å²) in [6, 6.07) is 55.3. The molecule has 4 heteroatoms. The molecule has 0 unspecified atom stereocenters. The molecule has 0 atom stereocenters. The maximum absolute atomic E-state index is 5.18. The van der Waals surface area contributed by atoms with Gasteiger partial charge in [-0.25, -0.2) is 4.98 Å². The minimum Gasteiger partial charge on any atom is -0.309 e. The molecule has 0 spiro atoms. The van der Waals surface area contributed by atoms with Crippen molar-refractivity contribution in [3.05, 3.63) is 170 Å². The van der Waals surface area contributed by atoms with Crippen LogP contribution in [0.15, 0.2) is 170 Å². The fraction of sp³-hybridized carbons (Fsp3) is 0. The van der Waals surface area contributed by atoms with Crippen LogP contribution < -0.4 is 0 Å². The molecule has 4 aromatic heterocycles. The molecule has 52 heavy (non-hydrogen) atoms. The van der Waals surface area contributed by atoms with Gasteiger partial charge in [-0.1, -0.05) is 91.0 Å². The zero-order valence-corrected chi connectivity index (χ0v) is 28.0. The van der Waals surface area contributed by atoms with Crippen LogP contribution in [0.5, 0.6) is 0 Å². The standard InChI is InChI=1S/C48H28N4/c1-2-11-33(12-3-1)51-44-19-17-32(25-39(44)40-23-29-9-4-5-10-30(29)26-46(40)51)31-18-20-45-38(24-31)35-13-6-7-16-43(35)52(45)48-37-15-8-14-36-34-21-22-49-27-41(34)42(28-50-48)47(36)37/h1-28H. The lowest BCUT2D eigenvalue weighted by Gasteiger charge is -2.12. The van der Waals surface area contributed by atoms with Gasteiger partial charge in [0.05, 0.1) is 22.1 Å². The lowest BCUT2D eigenvalue weighted by molar-refractivity contribution is 1.10. The van der Waals surface area contributed by atoms with E-state index in [0.717, 1.165) is 39.1 Å². The third-order valence-electron chi connectivity index (χ3n) is 11.2. The van der Waals surface area contributed by atoms with Crippen LogP contribution in [0.3, 0.4) is 0 Å². The lowest BCUT2D eigenvalue weighted by atomic mass is 10.00. The van der Waals surface area contributed by atoms with E-state index in [4.69, 9.17) is 4.98 Å². The van der Waals surface area contributed by atoms with Crippen LogP contribution in [0.1, 0.15) is 0 Å². The van der Waals surface area contributed by atoms with E-state index in [-0.39, 0.29) is 0 Å². The number of benzene rings is 7. The third-order valence-corrected chi connectivity index (χ3v) is 11.2. The number of para-hydroxylation sites is 2. The predicted octanol–water partition coefficient (Wildman–Crippen LogP) is 12.3. The van der Waals surface area contributed by atoms with Crippen molar-refractivity contribution in [1.29, 1.82) is 0 Å². The molecule has 0 aliphatic heterocycles. The molecule has 4 heterocycles. The number of pyridine rings is 2. The second kappa shape index (κ2) is 10.3. The maximum Gasteiger partial charge on any atom is 0.145 e. The highest BCUT2D eigenvalue weighted by Crippen LogP contribution is 2.48. The SMILES string of the molecule is c1ccc(-n2c3ccc(-c4ccc5c(c4)c4ccccc4n5-c4ncc5c6c(cccc46)-c4ccncc4-5)cc3c3cc4ccccc4cc32)cc1. The molecule has 0 radical (unpaired) electrons.